The molecule has 298 valence electrons. The molecule has 0 spiro atoms. The number of hydrogen-bond acceptors (Lipinski definition) is 15. The smallest absolute Gasteiger partial charge is 0.325 e. The molecule has 0 saturated heterocycles. The summed E-state index contributed by atoms with van der Waals surface area (Å²) in [7, 11) is 4.63. The lowest BCUT2D eigenvalue weighted by Gasteiger charge is -2.28. The van der Waals surface area contributed by atoms with E-state index in [0.29, 0.717) is 5.69 Å². The molecule has 0 amide bonds. The number of methoxy groups -OCH3 is 4. The zero-order valence-corrected chi connectivity index (χ0v) is 30.4. The molecule has 0 N–H and O–H groups in total. The number of esters is 4. The van der Waals surface area contributed by atoms with Crippen molar-refractivity contribution in [1.29, 1.82) is 0 Å². The molecule has 55 heavy (non-hydrogen) atoms. The number of carbonyl (C=O) groups is 4. The fourth-order valence-electron chi connectivity index (χ4n) is 5.25. The third kappa shape index (κ3) is 11.0. The highest BCUT2D eigenvalue weighted by Gasteiger charge is 2.26. The van der Waals surface area contributed by atoms with Gasteiger partial charge in [0.15, 0.2) is 34.6 Å². The second kappa shape index (κ2) is 19.8. The highest BCUT2D eigenvalue weighted by molar-refractivity contribution is 5.82. The largest absolute Gasteiger partial charge is 0.488 e. The molecule has 0 fully saturated rings. The van der Waals surface area contributed by atoms with E-state index in [1.54, 1.807) is 0 Å². The minimum atomic E-state index is -1.41. The molecule has 19 heteroatoms. The zero-order valence-electron chi connectivity index (χ0n) is 30.4. The van der Waals surface area contributed by atoms with Crippen LogP contribution in [-0.2, 0) is 38.1 Å². The van der Waals surface area contributed by atoms with Gasteiger partial charge < -0.3 is 52.6 Å². The lowest BCUT2D eigenvalue weighted by molar-refractivity contribution is -0.141. The molecule has 0 saturated carbocycles. The third-order valence-corrected chi connectivity index (χ3v) is 8.04. The highest BCUT2D eigenvalue weighted by Crippen LogP contribution is 2.37. The molecular weight excluding hydrogens is 742 g/mol. The molecule has 1 heterocycles. The van der Waals surface area contributed by atoms with Gasteiger partial charge in [0.05, 0.1) is 52.9 Å². The van der Waals surface area contributed by atoms with Crippen LogP contribution in [0.25, 0.3) is 0 Å². The van der Waals surface area contributed by atoms with Crippen molar-refractivity contribution in [1.82, 2.24) is 0 Å². The van der Waals surface area contributed by atoms with E-state index >= 15 is 8.78 Å². The van der Waals surface area contributed by atoms with Crippen LogP contribution in [0.3, 0.4) is 0 Å². The van der Waals surface area contributed by atoms with E-state index < -0.39 is 84.9 Å². The molecule has 0 aromatic heterocycles. The Morgan fingerprint density at radius 2 is 1.02 bits per heavy atom. The van der Waals surface area contributed by atoms with Crippen molar-refractivity contribution < 1.29 is 74.6 Å². The van der Waals surface area contributed by atoms with Crippen molar-refractivity contribution in [3.8, 4) is 23.0 Å². The van der Waals surface area contributed by atoms with Crippen LogP contribution in [0.15, 0.2) is 42.5 Å². The maximum Gasteiger partial charge on any atom is 0.325 e. The van der Waals surface area contributed by atoms with Gasteiger partial charge in [-0.2, -0.15) is 8.78 Å². The van der Waals surface area contributed by atoms with Crippen LogP contribution >= 0.6 is 0 Å². The maximum absolute atomic E-state index is 15.3. The van der Waals surface area contributed by atoms with Gasteiger partial charge in [0.2, 0.25) is 11.6 Å². The zero-order chi connectivity index (χ0) is 40.1. The van der Waals surface area contributed by atoms with E-state index in [2.05, 4.69) is 0 Å². The molecule has 1 aliphatic heterocycles. The van der Waals surface area contributed by atoms with Gasteiger partial charge in [0.1, 0.15) is 52.6 Å². The van der Waals surface area contributed by atoms with Gasteiger partial charge in [-0.15, -0.1) is 0 Å². The van der Waals surface area contributed by atoms with Crippen molar-refractivity contribution in [3.63, 3.8) is 0 Å². The summed E-state index contributed by atoms with van der Waals surface area (Å²) in [6.07, 6.45) is 0. The standard InChI is InChI=1S/C36H39F4N3O12/c1-48-29(44)18-41-11-13-52-27-10-5-22(43(20-31(46)50-3)21-32(47)51-4)17-28(27)53-14-12-42(19-30(45)49-2)26-9-7-24(38)34(40)36(26)55-16-15-54-35-25(41)8-6-23(37)33(35)39/h5-10,17H,11-16,18-21H2,1-4H3. The minimum absolute atomic E-state index is 0.0505. The van der Waals surface area contributed by atoms with Crippen LogP contribution in [0.5, 0.6) is 23.0 Å². The van der Waals surface area contributed by atoms with Crippen LogP contribution in [0, 0.1) is 23.3 Å². The van der Waals surface area contributed by atoms with Crippen molar-refractivity contribution in [2.75, 3.05) is 109 Å². The summed E-state index contributed by atoms with van der Waals surface area (Å²) in [5, 5.41) is 0. The average Bonchev–Trinajstić information content (AvgIpc) is 3.18. The Morgan fingerprint density at radius 1 is 0.582 bits per heavy atom. The van der Waals surface area contributed by atoms with Crippen LogP contribution in [-0.4, -0.2) is 118 Å². The molecule has 0 aliphatic carbocycles. The summed E-state index contributed by atoms with van der Waals surface area (Å²) >= 11 is 0. The molecule has 0 radical (unpaired) electrons. The fraction of sp³-hybridized carbons (Fsp3) is 0.389. The number of anilines is 3. The topological polar surface area (TPSA) is 152 Å². The summed E-state index contributed by atoms with van der Waals surface area (Å²) < 4.78 is 102. The summed E-state index contributed by atoms with van der Waals surface area (Å²) in [5.74, 6) is -9.30. The summed E-state index contributed by atoms with van der Waals surface area (Å²) in [6.45, 7) is -3.37. The second-order valence-electron chi connectivity index (χ2n) is 11.4. The van der Waals surface area contributed by atoms with Crippen molar-refractivity contribution in [3.05, 3.63) is 65.7 Å². The monoisotopic (exact) mass is 781 g/mol. The third-order valence-electron chi connectivity index (χ3n) is 8.04. The van der Waals surface area contributed by atoms with E-state index in [9.17, 15) is 28.0 Å². The quantitative estimate of drug-likeness (QED) is 0.177. The van der Waals surface area contributed by atoms with Crippen LogP contribution in [0.2, 0.25) is 0 Å². The molecule has 4 rings (SSSR count). The van der Waals surface area contributed by atoms with Crippen LogP contribution < -0.4 is 33.6 Å². The minimum Gasteiger partial charge on any atom is -0.488 e. The van der Waals surface area contributed by atoms with Crippen LogP contribution in [0.1, 0.15) is 0 Å². The Hall–Kier alpha value is -6.14. The number of benzene rings is 3. The first-order valence-electron chi connectivity index (χ1n) is 16.5. The number of carbonyl (C=O) groups excluding carboxylic acids is 4. The van der Waals surface area contributed by atoms with Crippen molar-refractivity contribution >= 4 is 40.9 Å². The average molecular weight is 782 g/mol. The molecule has 0 unspecified atom stereocenters. The van der Waals surface area contributed by atoms with Crippen molar-refractivity contribution in [2.24, 2.45) is 0 Å². The number of halogens is 4. The van der Waals surface area contributed by atoms with E-state index in [-0.39, 0.29) is 62.3 Å². The number of rotatable bonds is 9. The normalized spacial score (nSPS) is 13.4. The molecular formula is C36H39F4N3O12. The number of fused-ring (bicyclic) bond motifs is 3. The molecule has 0 bridgehead atoms. The van der Waals surface area contributed by atoms with Gasteiger partial charge in [0.25, 0.3) is 0 Å². The van der Waals surface area contributed by atoms with Gasteiger partial charge >= 0.3 is 23.9 Å². The van der Waals surface area contributed by atoms with Gasteiger partial charge in [-0.05, 0) is 36.4 Å². The van der Waals surface area contributed by atoms with Crippen molar-refractivity contribution in [2.45, 2.75) is 0 Å². The predicted molar refractivity (Wildman–Crippen MR) is 186 cm³/mol. The Kier molecular flexibility index (Phi) is 15.0. The van der Waals surface area contributed by atoms with Gasteiger partial charge in [-0.1, -0.05) is 0 Å². The lowest BCUT2D eigenvalue weighted by Crippen LogP contribution is -2.36. The van der Waals surface area contributed by atoms with Gasteiger partial charge in [0, 0.05) is 11.8 Å². The molecule has 3 aromatic rings. The number of ether oxygens (including phenoxy) is 8. The summed E-state index contributed by atoms with van der Waals surface area (Å²) in [5.41, 5.74) is 0.117. The molecule has 15 nitrogen and oxygen atoms in total. The van der Waals surface area contributed by atoms with E-state index in [0.717, 1.165) is 32.4 Å². The van der Waals surface area contributed by atoms with E-state index in [1.165, 1.54) is 53.2 Å². The maximum atomic E-state index is 15.3. The molecule has 3 aromatic carbocycles. The van der Waals surface area contributed by atoms with Gasteiger partial charge in [-0.25, -0.2) is 8.78 Å². The Morgan fingerprint density at radius 3 is 1.45 bits per heavy atom. The first kappa shape index (κ1) is 41.6. The Balaban J connectivity index is 1.83. The van der Waals surface area contributed by atoms with Gasteiger partial charge in [-0.3, -0.25) is 19.2 Å². The SMILES string of the molecule is COC(=O)CN(CC(=O)OC)c1ccc2c(c1)OCCN(CC(=O)OC)c1ccc(F)c(F)c1OCCOc1c(ccc(F)c1F)N(CC(=O)OC)CCO2. The Bertz CT molecular complexity index is 1830. The number of nitrogens with zero attached hydrogens (tertiary/aromatic N) is 3. The summed E-state index contributed by atoms with van der Waals surface area (Å²) in [6, 6.07) is 8.42. The first-order valence-corrected chi connectivity index (χ1v) is 16.5. The predicted octanol–water partition coefficient (Wildman–Crippen LogP) is 3.28. The highest BCUT2D eigenvalue weighted by atomic mass is 19.2. The first-order chi connectivity index (χ1) is 26.4. The van der Waals surface area contributed by atoms with Crippen LogP contribution in [0.4, 0.5) is 34.6 Å². The van der Waals surface area contributed by atoms with E-state index in [1.807, 2.05) is 0 Å². The summed E-state index contributed by atoms with van der Waals surface area (Å²) in [4.78, 5) is 53.4. The Labute approximate surface area is 313 Å². The molecule has 1 aliphatic rings. The molecule has 0 atom stereocenters. The van der Waals surface area contributed by atoms with E-state index in [4.69, 9.17) is 37.9 Å². The fourth-order valence-corrected chi connectivity index (χ4v) is 5.25. The second-order valence-corrected chi connectivity index (χ2v) is 11.4. The number of hydrogen-bond donors (Lipinski definition) is 0. The lowest BCUT2D eigenvalue weighted by atomic mass is 10.2.